The van der Waals surface area contributed by atoms with E-state index in [1.807, 2.05) is 0 Å². The minimum absolute atomic E-state index is 0.0751. The SMILES string of the molecule is CS(=O)(=O)N1CCC(CNC(=O)Cc2ccc(Cl)c(Cl)c2)CC1. The number of benzene rings is 1. The number of carbonyl (C=O) groups is 1. The van der Waals surface area contributed by atoms with Gasteiger partial charge in [0.15, 0.2) is 0 Å². The van der Waals surface area contributed by atoms with E-state index in [9.17, 15) is 13.2 Å². The Morgan fingerprint density at radius 3 is 2.48 bits per heavy atom. The van der Waals surface area contributed by atoms with Crippen LogP contribution in [0.2, 0.25) is 10.0 Å². The molecule has 0 saturated carbocycles. The van der Waals surface area contributed by atoms with E-state index < -0.39 is 10.0 Å². The molecule has 0 spiro atoms. The average molecular weight is 379 g/mol. The second-order valence-electron chi connectivity index (χ2n) is 5.83. The molecule has 1 amide bonds. The smallest absolute Gasteiger partial charge is 0.224 e. The standard InChI is InChI=1S/C15H20Cl2N2O3S/c1-23(21,22)19-6-4-11(5-7-19)10-18-15(20)9-12-2-3-13(16)14(17)8-12/h2-3,8,11H,4-7,9-10H2,1H3,(H,18,20). The number of nitrogens with one attached hydrogen (secondary N) is 1. The first-order chi connectivity index (χ1) is 10.8. The zero-order valence-corrected chi connectivity index (χ0v) is 15.2. The Kier molecular flexibility index (Phi) is 6.31. The van der Waals surface area contributed by atoms with E-state index in [-0.39, 0.29) is 12.3 Å². The number of rotatable bonds is 5. The van der Waals surface area contributed by atoms with E-state index >= 15 is 0 Å². The van der Waals surface area contributed by atoms with Gasteiger partial charge in [-0.25, -0.2) is 12.7 Å². The largest absolute Gasteiger partial charge is 0.356 e. The summed E-state index contributed by atoms with van der Waals surface area (Å²) in [4.78, 5) is 12.0. The number of nitrogens with zero attached hydrogens (tertiary/aromatic N) is 1. The molecule has 1 fully saturated rings. The van der Waals surface area contributed by atoms with Gasteiger partial charge in [-0.3, -0.25) is 4.79 Å². The van der Waals surface area contributed by atoms with Crippen molar-refractivity contribution in [2.24, 2.45) is 5.92 Å². The molecule has 1 aliphatic heterocycles. The molecule has 23 heavy (non-hydrogen) atoms. The fourth-order valence-electron chi connectivity index (χ4n) is 2.60. The Bertz CT molecular complexity index is 671. The molecule has 0 bridgehead atoms. The van der Waals surface area contributed by atoms with Crippen LogP contribution in [0.15, 0.2) is 18.2 Å². The first kappa shape index (κ1) is 18.5. The van der Waals surface area contributed by atoms with Crippen LogP contribution in [0.4, 0.5) is 0 Å². The van der Waals surface area contributed by atoms with Crippen molar-refractivity contribution in [3.8, 4) is 0 Å². The van der Waals surface area contributed by atoms with Crippen LogP contribution >= 0.6 is 23.2 Å². The Balaban J connectivity index is 1.76. The molecule has 2 rings (SSSR count). The minimum Gasteiger partial charge on any atom is -0.356 e. The number of hydrogen-bond acceptors (Lipinski definition) is 3. The van der Waals surface area contributed by atoms with Crippen molar-refractivity contribution in [3.63, 3.8) is 0 Å². The third kappa shape index (κ3) is 5.64. The van der Waals surface area contributed by atoms with Crippen LogP contribution in [-0.4, -0.2) is 44.5 Å². The summed E-state index contributed by atoms with van der Waals surface area (Å²) >= 11 is 11.8. The van der Waals surface area contributed by atoms with Crippen LogP contribution in [0.25, 0.3) is 0 Å². The van der Waals surface area contributed by atoms with Gasteiger partial charge < -0.3 is 5.32 Å². The van der Waals surface area contributed by atoms with Crippen LogP contribution in [0.3, 0.4) is 0 Å². The first-order valence-corrected chi connectivity index (χ1v) is 10.0. The van der Waals surface area contributed by atoms with Crippen LogP contribution in [-0.2, 0) is 21.2 Å². The van der Waals surface area contributed by atoms with E-state index in [4.69, 9.17) is 23.2 Å². The lowest BCUT2D eigenvalue weighted by atomic mass is 9.98. The van der Waals surface area contributed by atoms with E-state index in [2.05, 4.69) is 5.32 Å². The molecule has 1 saturated heterocycles. The highest BCUT2D eigenvalue weighted by Gasteiger charge is 2.24. The van der Waals surface area contributed by atoms with Gasteiger partial charge in [-0.2, -0.15) is 0 Å². The summed E-state index contributed by atoms with van der Waals surface area (Å²) in [5, 5.41) is 3.81. The second-order valence-corrected chi connectivity index (χ2v) is 8.63. The van der Waals surface area contributed by atoms with Crippen molar-refractivity contribution < 1.29 is 13.2 Å². The number of piperidine rings is 1. The van der Waals surface area contributed by atoms with Crippen molar-refractivity contribution >= 4 is 39.1 Å². The summed E-state index contributed by atoms with van der Waals surface area (Å²) in [6.45, 7) is 1.61. The van der Waals surface area contributed by atoms with Gasteiger partial charge in [-0.15, -0.1) is 0 Å². The van der Waals surface area contributed by atoms with Crippen LogP contribution in [0, 0.1) is 5.92 Å². The Hall–Kier alpha value is -0.820. The monoisotopic (exact) mass is 378 g/mol. The van der Waals surface area contributed by atoms with Gasteiger partial charge in [-0.1, -0.05) is 29.3 Å². The predicted octanol–water partition coefficient (Wildman–Crippen LogP) is 2.32. The van der Waals surface area contributed by atoms with Gasteiger partial charge in [0.1, 0.15) is 0 Å². The van der Waals surface area contributed by atoms with Gasteiger partial charge in [-0.05, 0) is 36.5 Å². The molecule has 1 heterocycles. The lowest BCUT2D eigenvalue weighted by Crippen LogP contribution is -2.41. The maximum absolute atomic E-state index is 12.0. The number of halogens is 2. The molecular weight excluding hydrogens is 359 g/mol. The molecular formula is C15H20Cl2N2O3S. The molecule has 1 N–H and O–H groups in total. The number of carbonyl (C=O) groups excluding carboxylic acids is 1. The molecule has 128 valence electrons. The summed E-state index contributed by atoms with van der Waals surface area (Å²) in [7, 11) is -3.11. The predicted molar refractivity (Wildman–Crippen MR) is 92.3 cm³/mol. The molecule has 1 aliphatic rings. The third-order valence-electron chi connectivity index (χ3n) is 3.98. The lowest BCUT2D eigenvalue weighted by Gasteiger charge is -2.30. The molecule has 5 nitrogen and oxygen atoms in total. The zero-order chi connectivity index (χ0) is 17.0. The highest BCUT2D eigenvalue weighted by atomic mass is 35.5. The Morgan fingerprint density at radius 2 is 1.91 bits per heavy atom. The van der Waals surface area contributed by atoms with Crippen molar-refractivity contribution in [2.75, 3.05) is 25.9 Å². The zero-order valence-electron chi connectivity index (χ0n) is 12.9. The number of amides is 1. The molecule has 1 aromatic rings. The van der Waals surface area contributed by atoms with Crippen LogP contribution in [0.1, 0.15) is 18.4 Å². The van der Waals surface area contributed by atoms with E-state index in [0.29, 0.717) is 35.6 Å². The van der Waals surface area contributed by atoms with Crippen LogP contribution < -0.4 is 5.32 Å². The van der Waals surface area contributed by atoms with Gasteiger partial charge in [0.2, 0.25) is 15.9 Å². The average Bonchev–Trinajstić information content (AvgIpc) is 2.48. The first-order valence-electron chi connectivity index (χ1n) is 7.41. The molecule has 0 atom stereocenters. The molecule has 1 aromatic carbocycles. The molecule has 0 aromatic heterocycles. The van der Waals surface area contributed by atoms with Crippen molar-refractivity contribution in [1.82, 2.24) is 9.62 Å². The topological polar surface area (TPSA) is 66.5 Å². The van der Waals surface area contributed by atoms with Gasteiger partial charge >= 0.3 is 0 Å². The van der Waals surface area contributed by atoms with Gasteiger partial charge in [0.25, 0.3) is 0 Å². The lowest BCUT2D eigenvalue weighted by molar-refractivity contribution is -0.120. The summed E-state index contributed by atoms with van der Waals surface area (Å²) in [5.74, 6) is 0.236. The number of hydrogen-bond donors (Lipinski definition) is 1. The quantitative estimate of drug-likeness (QED) is 0.854. The molecule has 0 unspecified atom stereocenters. The summed E-state index contributed by atoms with van der Waals surface area (Å²) < 4.78 is 24.4. The van der Waals surface area contributed by atoms with Crippen molar-refractivity contribution in [3.05, 3.63) is 33.8 Å². The Labute approximate surface area is 147 Å². The fourth-order valence-corrected chi connectivity index (χ4v) is 3.80. The number of sulfonamides is 1. The second kappa shape index (κ2) is 7.83. The normalized spacial score (nSPS) is 17.2. The highest BCUT2D eigenvalue weighted by Crippen LogP contribution is 2.23. The van der Waals surface area contributed by atoms with E-state index in [1.54, 1.807) is 18.2 Å². The van der Waals surface area contributed by atoms with E-state index in [1.165, 1.54) is 10.6 Å². The summed E-state index contributed by atoms with van der Waals surface area (Å²) in [6.07, 6.45) is 3.01. The minimum atomic E-state index is -3.11. The Morgan fingerprint density at radius 1 is 1.26 bits per heavy atom. The highest BCUT2D eigenvalue weighted by molar-refractivity contribution is 7.88. The van der Waals surface area contributed by atoms with E-state index in [0.717, 1.165) is 18.4 Å². The molecule has 0 aliphatic carbocycles. The summed E-state index contributed by atoms with van der Waals surface area (Å²) in [6, 6.07) is 5.14. The molecule has 8 heteroatoms. The van der Waals surface area contributed by atoms with Crippen molar-refractivity contribution in [1.29, 1.82) is 0 Å². The van der Waals surface area contributed by atoms with Crippen molar-refractivity contribution in [2.45, 2.75) is 19.3 Å². The molecule has 0 radical (unpaired) electrons. The maximum Gasteiger partial charge on any atom is 0.224 e. The third-order valence-corrected chi connectivity index (χ3v) is 6.02. The van der Waals surface area contributed by atoms with Gasteiger partial charge in [0.05, 0.1) is 22.7 Å². The van der Waals surface area contributed by atoms with Gasteiger partial charge in [0, 0.05) is 19.6 Å². The summed E-state index contributed by atoms with van der Waals surface area (Å²) in [5.41, 5.74) is 0.809. The van der Waals surface area contributed by atoms with Crippen LogP contribution in [0.5, 0.6) is 0 Å². The maximum atomic E-state index is 12.0. The fraction of sp³-hybridized carbons (Fsp3) is 0.533.